The molecule has 0 aliphatic heterocycles. The number of hydrazine groups is 1. The van der Waals surface area contributed by atoms with Crippen molar-refractivity contribution in [3.8, 4) is 0 Å². The zero-order valence-electron chi connectivity index (χ0n) is 13.5. The van der Waals surface area contributed by atoms with Crippen molar-refractivity contribution in [2.24, 2.45) is 0 Å². The third-order valence-electron chi connectivity index (χ3n) is 3.08. The molecule has 2 rings (SSSR count). The van der Waals surface area contributed by atoms with Crippen molar-refractivity contribution in [3.63, 3.8) is 0 Å². The first-order valence-electron chi connectivity index (χ1n) is 7.08. The van der Waals surface area contributed by atoms with E-state index in [1.165, 1.54) is 18.4 Å². The molecular weight excluding hydrogens is 382 g/mol. The molecule has 0 unspecified atom stereocenters. The lowest BCUT2D eigenvalue weighted by atomic mass is 10.1. The Morgan fingerprint density at radius 2 is 1.56 bits per heavy atom. The van der Waals surface area contributed by atoms with Gasteiger partial charge in [-0.25, -0.2) is 0 Å². The molecule has 27 heavy (non-hydrogen) atoms. The van der Waals surface area contributed by atoms with Crippen LogP contribution >= 0.6 is 11.3 Å². The van der Waals surface area contributed by atoms with Gasteiger partial charge in [0.15, 0.2) is 0 Å². The average molecular weight is 393 g/mol. The second-order valence-electron chi connectivity index (χ2n) is 5.01. The molecule has 2 aromatic rings. The van der Waals surface area contributed by atoms with Gasteiger partial charge in [0, 0.05) is 19.1 Å². The normalized spacial score (nSPS) is 9.96. The smallest absolute Gasteiger partial charge is 0.277 e. The number of thiophene rings is 1. The first-order valence-corrected chi connectivity index (χ1v) is 7.96. The molecule has 13 heteroatoms. The highest BCUT2D eigenvalue weighted by Crippen LogP contribution is 2.26. The van der Waals surface area contributed by atoms with E-state index in [2.05, 4.69) is 16.2 Å². The van der Waals surface area contributed by atoms with Crippen molar-refractivity contribution in [1.82, 2.24) is 10.9 Å². The van der Waals surface area contributed by atoms with Crippen molar-refractivity contribution in [2.75, 3.05) is 5.32 Å². The van der Waals surface area contributed by atoms with Gasteiger partial charge in [-0.3, -0.25) is 45.5 Å². The number of carbonyl (C=O) groups is 3. The minimum atomic E-state index is -0.877. The van der Waals surface area contributed by atoms with Crippen molar-refractivity contribution < 1.29 is 24.2 Å². The Morgan fingerprint density at radius 3 is 2.07 bits per heavy atom. The fourth-order valence-corrected chi connectivity index (χ4v) is 2.69. The fourth-order valence-electron chi connectivity index (χ4n) is 1.91. The summed E-state index contributed by atoms with van der Waals surface area (Å²) in [4.78, 5) is 55.3. The molecule has 140 valence electrons. The molecule has 1 heterocycles. The van der Waals surface area contributed by atoms with E-state index < -0.39 is 38.9 Å². The van der Waals surface area contributed by atoms with E-state index in [9.17, 15) is 34.6 Å². The minimum absolute atomic E-state index is 0.0297. The maximum atomic E-state index is 12.4. The van der Waals surface area contributed by atoms with Gasteiger partial charge in [0.1, 0.15) is 5.00 Å². The number of nitro groups is 2. The highest BCUT2D eigenvalue weighted by atomic mass is 32.1. The average Bonchev–Trinajstić information content (AvgIpc) is 3.07. The summed E-state index contributed by atoms with van der Waals surface area (Å²) < 4.78 is 0. The molecule has 3 N–H and O–H groups in total. The van der Waals surface area contributed by atoms with E-state index in [-0.39, 0.29) is 16.1 Å². The number of carbonyl (C=O) groups excluding carboxylic acids is 3. The number of amides is 3. The molecule has 0 saturated heterocycles. The summed E-state index contributed by atoms with van der Waals surface area (Å²) in [5.74, 6) is -2.09. The molecule has 0 saturated carbocycles. The highest BCUT2D eigenvalue weighted by Gasteiger charge is 2.22. The summed E-state index contributed by atoms with van der Waals surface area (Å²) in [6.07, 6.45) is 0. The van der Waals surface area contributed by atoms with Crippen LogP contribution < -0.4 is 16.2 Å². The van der Waals surface area contributed by atoms with Crippen LogP contribution in [-0.2, 0) is 4.79 Å². The van der Waals surface area contributed by atoms with Crippen LogP contribution in [0.4, 0.5) is 16.4 Å². The van der Waals surface area contributed by atoms with Gasteiger partial charge in [-0.15, -0.1) is 11.3 Å². The lowest BCUT2D eigenvalue weighted by Crippen LogP contribution is -2.40. The Morgan fingerprint density at radius 1 is 0.963 bits per heavy atom. The summed E-state index contributed by atoms with van der Waals surface area (Å²) in [7, 11) is 0. The van der Waals surface area contributed by atoms with Crippen molar-refractivity contribution >= 4 is 45.4 Å². The molecule has 0 aliphatic rings. The molecule has 3 amide bonds. The lowest BCUT2D eigenvalue weighted by Gasteiger charge is -2.08. The third kappa shape index (κ3) is 4.82. The highest BCUT2D eigenvalue weighted by molar-refractivity contribution is 7.14. The van der Waals surface area contributed by atoms with E-state index in [4.69, 9.17) is 0 Å². The van der Waals surface area contributed by atoms with Crippen molar-refractivity contribution in [1.29, 1.82) is 0 Å². The quantitative estimate of drug-likeness (QED) is 0.510. The van der Waals surface area contributed by atoms with Crippen molar-refractivity contribution in [3.05, 3.63) is 61.0 Å². The van der Waals surface area contributed by atoms with Crippen LogP contribution in [0.15, 0.2) is 29.6 Å². The van der Waals surface area contributed by atoms with Crippen LogP contribution in [0.1, 0.15) is 27.6 Å². The molecular formula is C14H11N5O7S. The Labute approximate surface area is 154 Å². The van der Waals surface area contributed by atoms with E-state index >= 15 is 0 Å². The fraction of sp³-hybridized carbons (Fsp3) is 0.0714. The topological polar surface area (TPSA) is 174 Å². The Kier molecular flexibility index (Phi) is 5.77. The van der Waals surface area contributed by atoms with E-state index in [0.29, 0.717) is 0 Å². The van der Waals surface area contributed by atoms with Crippen molar-refractivity contribution in [2.45, 2.75) is 6.92 Å². The lowest BCUT2D eigenvalue weighted by molar-refractivity contribution is -0.394. The van der Waals surface area contributed by atoms with Crippen LogP contribution in [0.2, 0.25) is 0 Å². The summed E-state index contributed by atoms with van der Waals surface area (Å²) in [5.41, 5.74) is 2.68. The number of nitrogens with zero attached hydrogens (tertiary/aromatic N) is 2. The Balaban J connectivity index is 2.27. The molecule has 0 bridgehead atoms. The molecule has 0 spiro atoms. The Bertz CT molecular complexity index is 923. The number of rotatable bonds is 5. The number of nitrogens with one attached hydrogen (secondary N) is 3. The van der Waals surface area contributed by atoms with Crippen LogP contribution in [0.25, 0.3) is 0 Å². The molecule has 0 fully saturated rings. The van der Waals surface area contributed by atoms with Gasteiger partial charge in [0.2, 0.25) is 5.91 Å². The number of benzene rings is 1. The predicted octanol–water partition coefficient (Wildman–Crippen LogP) is 1.60. The van der Waals surface area contributed by atoms with E-state index in [1.54, 1.807) is 0 Å². The second kappa shape index (κ2) is 8.01. The molecule has 1 aromatic carbocycles. The first kappa shape index (κ1) is 19.5. The van der Waals surface area contributed by atoms with Crippen LogP contribution in [0, 0.1) is 20.2 Å². The van der Waals surface area contributed by atoms with Gasteiger partial charge in [-0.2, -0.15) is 0 Å². The summed E-state index contributed by atoms with van der Waals surface area (Å²) >= 11 is 0.983. The first-order chi connectivity index (χ1) is 12.7. The van der Waals surface area contributed by atoms with Gasteiger partial charge in [-0.1, -0.05) is 0 Å². The second-order valence-corrected chi connectivity index (χ2v) is 5.92. The van der Waals surface area contributed by atoms with Gasteiger partial charge < -0.3 is 5.32 Å². The van der Waals surface area contributed by atoms with Crippen LogP contribution in [0.5, 0.6) is 0 Å². The van der Waals surface area contributed by atoms with Gasteiger partial charge in [0.05, 0.1) is 27.0 Å². The molecule has 12 nitrogen and oxygen atoms in total. The number of non-ortho nitro benzene ring substituents is 2. The van der Waals surface area contributed by atoms with Crippen LogP contribution in [0.3, 0.4) is 0 Å². The van der Waals surface area contributed by atoms with Gasteiger partial charge in [0.25, 0.3) is 23.2 Å². The van der Waals surface area contributed by atoms with Gasteiger partial charge >= 0.3 is 0 Å². The maximum Gasteiger partial charge on any atom is 0.277 e. The number of anilines is 1. The standard InChI is InChI=1S/C14H11N5O7S/c1-7(20)16-17-13(22)11-2-3-27-14(11)15-12(21)8-4-9(18(23)24)6-10(5-8)19(25)26/h2-6H,1H3,(H,15,21)(H,16,20)(H,17,22). The van der Waals surface area contributed by atoms with E-state index in [0.717, 1.165) is 29.5 Å². The molecule has 1 aromatic heterocycles. The molecule has 0 radical (unpaired) electrons. The number of hydrogen-bond donors (Lipinski definition) is 3. The largest absolute Gasteiger partial charge is 0.313 e. The van der Waals surface area contributed by atoms with Crippen LogP contribution in [-0.4, -0.2) is 27.6 Å². The zero-order chi connectivity index (χ0) is 20.1. The monoisotopic (exact) mass is 393 g/mol. The maximum absolute atomic E-state index is 12.4. The minimum Gasteiger partial charge on any atom is -0.313 e. The molecule has 0 atom stereocenters. The molecule has 0 aliphatic carbocycles. The number of nitro benzene ring substituents is 2. The zero-order valence-corrected chi connectivity index (χ0v) is 14.4. The summed E-state index contributed by atoms with van der Waals surface area (Å²) in [6.45, 7) is 1.19. The third-order valence-corrected chi connectivity index (χ3v) is 3.91. The van der Waals surface area contributed by atoms with E-state index in [1.807, 2.05) is 0 Å². The number of hydrogen-bond acceptors (Lipinski definition) is 8. The predicted molar refractivity (Wildman–Crippen MR) is 93.3 cm³/mol. The SMILES string of the molecule is CC(=O)NNC(=O)c1ccsc1NC(=O)c1cc([N+](=O)[O-])cc([N+](=O)[O-])c1. The van der Waals surface area contributed by atoms with Gasteiger partial charge in [-0.05, 0) is 11.4 Å². The Hall–Kier alpha value is -3.87. The summed E-state index contributed by atoms with van der Waals surface area (Å²) in [6, 6.07) is 3.88. The summed E-state index contributed by atoms with van der Waals surface area (Å²) in [5, 5.41) is 25.8.